The lowest BCUT2D eigenvalue weighted by atomic mass is 10.1. The van der Waals surface area contributed by atoms with Crippen LogP contribution in [-0.4, -0.2) is 20.6 Å². The van der Waals surface area contributed by atoms with Gasteiger partial charge in [0.2, 0.25) is 0 Å². The van der Waals surface area contributed by atoms with Crippen LogP contribution in [0.25, 0.3) is 11.0 Å². The Labute approximate surface area is 113 Å². The van der Waals surface area contributed by atoms with Gasteiger partial charge in [0, 0.05) is 13.0 Å². The molecule has 4 nitrogen and oxygen atoms in total. The molecule has 0 aliphatic heterocycles. The molecule has 0 spiro atoms. The van der Waals surface area contributed by atoms with E-state index >= 15 is 0 Å². The minimum atomic E-state index is -0.890. The summed E-state index contributed by atoms with van der Waals surface area (Å²) < 4.78 is 2.08. The fourth-order valence-electron chi connectivity index (χ4n) is 2.38. The average molecular weight is 260 g/mol. The highest BCUT2D eigenvalue weighted by Crippen LogP contribution is 2.23. The van der Waals surface area contributed by atoms with Gasteiger partial charge in [-0.15, -0.1) is 0 Å². The Morgan fingerprint density at radius 3 is 2.74 bits per heavy atom. The zero-order valence-electron chi connectivity index (χ0n) is 11.7. The molecule has 0 bridgehead atoms. The monoisotopic (exact) mass is 260 g/mol. The van der Waals surface area contributed by atoms with Crippen LogP contribution in [0.2, 0.25) is 0 Å². The van der Waals surface area contributed by atoms with Crippen LogP contribution in [0.3, 0.4) is 0 Å². The second-order valence-electron chi connectivity index (χ2n) is 5.26. The maximum atomic E-state index is 11.4. The molecule has 0 unspecified atom stereocenters. The van der Waals surface area contributed by atoms with Crippen molar-refractivity contribution >= 4 is 17.0 Å². The van der Waals surface area contributed by atoms with Crippen molar-refractivity contribution in [1.82, 2.24) is 9.55 Å². The number of carboxylic acid groups (broad SMARTS) is 1. The summed E-state index contributed by atoms with van der Waals surface area (Å²) in [5, 5.41) is 9.34. The molecule has 1 aromatic heterocycles. The zero-order chi connectivity index (χ0) is 14.0. The third-order valence-corrected chi connectivity index (χ3v) is 3.10. The van der Waals surface area contributed by atoms with Crippen molar-refractivity contribution in [1.29, 1.82) is 0 Å². The van der Waals surface area contributed by atoms with E-state index < -0.39 is 5.97 Å². The average Bonchev–Trinajstić information content (AvgIpc) is 2.67. The summed E-state index contributed by atoms with van der Waals surface area (Å²) in [6.07, 6.45) is 1.88. The molecule has 1 N–H and O–H groups in total. The predicted octanol–water partition coefficient (Wildman–Crippen LogP) is 3.34. The normalized spacial score (nSPS) is 11.4. The van der Waals surface area contributed by atoms with Gasteiger partial charge in [0.05, 0.1) is 16.6 Å². The van der Waals surface area contributed by atoms with Crippen LogP contribution in [0.4, 0.5) is 0 Å². The molecule has 0 fully saturated rings. The van der Waals surface area contributed by atoms with Crippen molar-refractivity contribution in [2.75, 3.05) is 0 Å². The standard InChI is InChI=1S/C15H20N2O2/c1-4-6-13-16-12-8-5-7-11(15(18)19)14(12)17(13)9-10(2)3/h5,7-8,10H,4,6,9H2,1-3H3,(H,18,19). The number of carbonyl (C=O) groups is 1. The number of benzene rings is 1. The van der Waals surface area contributed by atoms with Crippen LogP contribution in [0.1, 0.15) is 43.4 Å². The first-order valence-corrected chi connectivity index (χ1v) is 6.76. The molecular weight excluding hydrogens is 240 g/mol. The number of para-hydroxylation sites is 1. The molecule has 0 amide bonds. The number of imidazole rings is 1. The first-order valence-electron chi connectivity index (χ1n) is 6.76. The molecule has 0 saturated carbocycles. The van der Waals surface area contributed by atoms with Gasteiger partial charge in [-0.25, -0.2) is 9.78 Å². The van der Waals surface area contributed by atoms with Crippen LogP contribution in [0.5, 0.6) is 0 Å². The van der Waals surface area contributed by atoms with E-state index in [-0.39, 0.29) is 0 Å². The largest absolute Gasteiger partial charge is 0.478 e. The van der Waals surface area contributed by atoms with Crippen LogP contribution >= 0.6 is 0 Å². The van der Waals surface area contributed by atoms with Crippen LogP contribution in [0.15, 0.2) is 18.2 Å². The third kappa shape index (κ3) is 2.62. The van der Waals surface area contributed by atoms with Gasteiger partial charge in [-0.2, -0.15) is 0 Å². The number of carboxylic acids is 1. The van der Waals surface area contributed by atoms with Crippen molar-refractivity contribution in [3.8, 4) is 0 Å². The molecule has 1 aromatic carbocycles. The second kappa shape index (κ2) is 5.43. The number of fused-ring (bicyclic) bond motifs is 1. The lowest BCUT2D eigenvalue weighted by Gasteiger charge is -2.12. The summed E-state index contributed by atoms with van der Waals surface area (Å²) in [4.78, 5) is 16.0. The summed E-state index contributed by atoms with van der Waals surface area (Å²) in [6, 6.07) is 5.30. The fraction of sp³-hybridized carbons (Fsp3) is 0.467. The molecule has 19 heavy (non-hydrogen) atoms. The van der Waals surface area contributed by atoms with Crippen LogP contribution < -0.4 is 0 Å². The molecule has 0 atom stereocenters. The Morgan fingerprint density at radius 2 is 2.16 bits per heavy atom. The molecule has 102 valence electrons. The number of aryl methyl sites for hydroxylation is 1. The van der Waals surface area contributed by atoms with E-state index in [1.54, 1.807) is 12.1 Å². The molecule has 1 heterocycles. The van der Waals surface area contributed by atoms with E-state index in [4.69, 9.17) is 0 Å². The van der Waals surface area contributed by atoms with Crippen molar-refractivity contribution in [2.45, 2.75) is 40.2 Å². The van der Waals surface area contributed by atoms with E-state index in [9.17, 15) is 9.90 Å². The van der Waals surface area contributed by atoms with Gasteiger partial charge in [-0.3, -0.25) is 0 Å². The van der Waals surface area contributed by atoms with E-state index in [2.05, 4.69) is 30.3 Å². The second-order valence-corrected chi connectivity index (χ2v) is 5.26. The molecule has 0 aliphatic carbocycles. The topological polar surface area (TPSA) is 55.1 Å². The van der Waals surface area contributed by atoms with E-state index in [0.717, 1.165) is 36.2 Å². The first kappa shape index (κ1) is 13.6. The summed E-state index contributed by atoms with van der Waals surface area (Å²) in [7, 11) is 0. The molecular formula is C15H20N2O2. The molecule has 0 saturated heterocycles. The third-order valence-electron chi connectivity index (χ3n) is 3.10. The Hall–Kier alpha value is -1.84. The lowest BCUT2D eigenvalue weighted by molar-refractivity contribution is 0.0698. The van der Waals surface area contributed by atoms with Gasteiger partial charge in [0.1, 0.15) is 5.82 Å². The number of aromatic nitrogens is 2. The molecule has 0 radical (unpaired) electrons. The summed E-state index contributed by atoms with van der Waals surface area (Å²) >= 11 is 0. The highest BCUT2D eigenvalue weighted by Gasteiger charge is 2.17. The summed E-state index contributed by atoms with van der Waals surface area (Å²) in [5.74, 6) is 0.549. The van der Waals surface area contributed by atoms with Gasteiger partial charge >= 0.3 is 5.97 Å². The van der Waals surface area contributed by atoms with Crippen LogP contribution in [0, 0.1) is 5.92 Å². The maximum absolute atomic E-state index is 11.4. The Balaban J connectivity index is 2.69. The lowest BCUT2D eigenvalue weighted by Crippen LogP contribution is -2.10. The summed E-state index contributed by atoms with van der Waals surface area (Å²) in [6.45, 7) is 7.17. The molecule has 2 rings (SSSR count). The summed E-state index contributed by atoms with van der Waals surface area (Å²) in [5.41, 5.74) is 1.88. The SMILES string of the molecule is CCCc1nc2cccc(C(=O)O)c2n1CC(C)C. The van der Waals surface area contributed by atoms with Gasteiger partial charge in [0.15, 0.2) is 0 Å². The van der Waals surface area contributed by atoms with Crippen molar-refractivity contribution in [2.24, 2.45) is 5.92 Å². The smallest absolute Gasteiger partial charge is 0.337 e. The Bertz CT molecular complexity index is 599. The number of hydrogen-bond acceptors (Lipinski definition) is 2. The number of nitrogens with zero attached hydrogens (tertiary/aromatic N) is 2. The molecule has 0 aliphatic rings. The minimum absolute atomic E-state index is 0.341. The van der Waals surface area contributed by atoms with Gasteiger partial charge in [-0.05, 0) is 24.5 Å². The predicted molar refractivity (Wildman–Crippen MR) is 75.5 cm³/mol. The highest BCUT2D eigenvalue weighted by molar-refractivity contribution is 6.01. The fourth-order valence-corrected chi connectivity index (χ4v) is 2.38. The number of hydrogen-bond donors (Lipinski definition) is 1. The van der Waals surface area contributed by atoms with E-state index in [0.29, 0.717) is 11.5 Å². The molecule has 2 aromatic rings. The van der Waals surface area contributed by atoms with Crippen LogP contribution in [-0.2, 0) is 13.0 Å². The van der Waals surface area contributed by atoms with Gasteiger partial charge < -0.3 is 9.67 Å². The minimum Gasteiger partial charge on any atom is -0.478 e. The van der Waals surface area contributed by atoms with Crippen molar-refractivity contribution in [3.63, 3.8) is 0 Å². The van der Waals surface area contributed by atoms with Gasteiger partial charge in [-0.1, -0.05) is 26.8 Å². The quantitative estimate of drug-likeness (QED) is 0.897. The van der Waals surface area contributed by atoms with Crippen molar-refractivity contribution in [3.05, 3.63) is 29.6 Å². The van der Waals surface area contributed by atoms with E-state index in [1.807, 2.05) is 6.07 Å². The number of rotatable bonds is 5. The Morgan fingerprint density at radius 1 is 1.42 bits per heavy atom. The Kier molecular flexibility index (Phi) is 3.88. The maximum Gasteiger partial charge on any atom is 0.337 e. The van der Waals surface area contributed by atoms with Gasteiger partial charge in [0.25, 0.3) is 0 Å². The van der Waals surface area contributed by atoms with E-state index in [1.165, 1.54) is 0 Å². The molecule has 4 heteroatoms. The highest BCUT2D eigenvalue weighted by atomic mass is 16.4. The number of aromatic carboxylic acids is 1. The van der Waals surface area contributed by atoms with Crippen molar-refractivity contribution < 1.29 is 9.90 Å². The zero-order valence-corrected chi connectivity index (χ0v) is 11.7. The first-order chi connectivity index (χ1) is 9.04.